The van der Waals surface area contributed by atoms with E-state index in [2.05, 4.69) is 50.3 Å². The standard InChI is InChI=1S/C21H33N5OS/c1-4-28(27)18-10-7-9-17(15-18)25-21(22-3)23-13-8-14-26-16(2)24-19-11-5-6-12-20(19)26/h5-6,11-12,17-18H,4,7-10,13-15H2,1-3H3,(H2,22,23,25). The topological polar surface area (TPSA) is 71.3 Å². The third-order valence-electron chi connectivity index (χ3n) is 5.54. The molecule has 3 rings (SSSR count). The second-order valence-electron chi connectivity index (χ2n) is 7.45. The molecule has 2 aromatic rings. The number of hydrogen-bond donors (Lipinski definition) is 2. The molecule has 3 atom stereocenters. The molecule has 1 heterocycles. The Bertz CT molecular complexity index is 831. The SMILES string of the molecule is CCS(=O)C1CCCC(NC(=NC)NCCCn2c(C)nc3ccccc32)C1. The van der Waals surface area contributed by atoms with Crippen LogP contribution in [0, 0.1) is 6.92 Å². The Hall–Kier alpha value is -1.89. The Kier molecular flexibility index (Phi) is 7.48. The highest BCUT2D eigenvalue weighted by molar-refractivity contribution is 7.85. The number of para-hydroxylation sites is 2. The van der Waals surface area contributed by atoms with Crippen molar-refractivity contribution in [3.63, 3.8) is 0 Å². The lowest BCUT2D eigenvalue weighted by Crippen LogP contribution is -2.46. The normalized spacial score (nSPS) is 21.6. The molecule has 0 spiro atoms. The molecule has 0 saturated heterocycles. The maximum Gasteiger partial charge on any atom is 0.191 e. The molecule has 1 saturated carbocycles. The van der Waals surface area contributed by atoms with E-state index < -0.39 is 10.8 Å². The van der Waals surface area contributed by atoms with Crippen LogP contribution in [-0.4, -0.2) is 50.4 Å². The number of aryl methyl sites for hydroxylation is 2. The first-order chi connectivity index (χ1) is 13.6. The molecule has 3 unspecified atom stereocenters. The fourth-order valence-electron chi connectivity index (χ4n) is 4.06. The number of imidazole rings is 1. The van der Waals surface area contributed by atoms with E-state index in [0.717, 1.165) is 68.2 Å². The van der Waals surface area contributed by atoms with Gasteiger partial charge >= 0.3 is 0 Å². The zero-order valence-corrected chi connectivity index (χ0v) is 18.1. The van der Waals surface area contributed by atoms with E-state index in [1.165, 1.54) is 5.52 Å². The lowest BCUT2D eigenvalue weighted by Gasteiger charge is -2.30. The Morgan fingerprint density at radius 1 is 1.36 bits per heavy atom. The second-order valence-corrected chi connectivity index (χ2v) is 9.46. The van der Waals surface area contributed by atoms with Gasteiger partial charge in [0.05, 0.1) is 11.0 Å². The first-order valence-electron chi connectivity index (χ1n) is 10.4. The number of fused-ring (bicyclic) bond motifs is 1. The third kappa shape index (κ3) is 5.13. The molecule has 0 amide bonds. The minimum absolute atomic E-state index is 0.326. The van der Waals surface area contributed by atoms with Crippen LogP contribution in [0.25, 0.3) is 11.0 Å². The number of benzene rings is 1. The summed E-state index contributed by atoms with van der Waals surface area (Å²) < 4.78 is 14.4. The highest BCUT2D eigenvalue weighted by atomic mass is 32.2. The van der Waals surface area contributed by atoms with Gasteiger partial charge < -0.3 is 15.2 Å². The predicted octanol–water partition coefficient (Wildman–Crippen LogP) is 2.98. The van der Waals surface area contributed by atoms with Gasteiger partial charge in [0.25, 0.3) is 0 Å². The molecule has 1 aromatic heterocycles. The molecule has 154 valence electrons. The molecule has 6 nitrogen and oxygen atoms in total. The van der Waals surface area contributed by atoms with Crippen LogP contribution in [0.2, 0.25) is 0 Å². The van der Waals surface area contributed by atoms with Crippen molar-refractivity contribution < 1.29 is 4.21 Å². The molecule has 1 aliphatic carbocycles. The van der Waals surface area contributed by atoms with E-state index in [-0.39, 0.29) is 0 Å². The van der Waals surface area contributed by atoms with Gasteiger partial charge in [0.15, 0.2) is 5.96 Å². The van der Waals surface area contributed by atoms with Crippen molar-refractivity contribution in [3.8, 4) is 0 Å². The predicted molar refractivity (Wildman–Crippen MR) is 118 cm³/mol. The first-order valence-corrected chi connectivity index (χ1v) is 11.8. The van der Waals surface area contributed by atoms with Gasteiger partial charge in [-0.1, -0.05) is 25.5 Å². The van der Waals surface area contributed by atoms with Gasteiger partial charge in [0, 0.05) is 48.0 Å². The highest BCUT2D eigenvalue weighted by Gasteiger charge is 2.25. The van der Waals surface area contributed by atoms with E-state index in [0.29, 0.717) is 11.3 Å². The molecule has 0 bridgehead atoms. The monoisotopic (exact) mass is 403 g/mol. The van der Waals surface area contributed by atoms with E-state index in [4.69, 9.17) is 0 Å². The Morgan fingerprint density at radius 2 is 2.18 bits per heavy atom. The van der Waals surface area contributed by atoms with E-state index in [1.54, 1.807) is 0 Å². The lowest BCUT2D eigenvalue weighted by atomic mass is 9.95. The van der Waals surface area contributed by atoms with Crippen LogP contribution >= 0.6 is 0 Å². The summed E-state index contributed by atoms with van der Waals surface area (Å²) in [6.07, 6.45) is 5.32. The molecular formula is C21H33N5OS. The lowest BCUT2D eigenvalue weighted by molar-refractivity contribution is 0.413. The fraction of sp³-hybridized carbons (Fsp3) is 0.619. The van der Waals surface area contributed by atoms with E-state index in [9.17, 15) is 4.21 Å². The van der Waals surface area contributed by atoms with Gasteiger partial charge in [-0.15, -0.1) is 0 Å². The van der Waals surface area contributed by atoms with Gasteiger partial charge in [-0.05, 0) is 44.7 Å². The summed E-state index contributed by atoms with van der Waals surface area (Å²) >= 11 is 0. The maximum atomic E-state index is 12.1. The summed E-state index contributed by atoms with van der Waals surface area (Å²) in [5.74, 6) is 2.66. The minimum atomic E-state index is -0.698. The van der Waals surface area contributed by atoms with Crippen LogP contribution in [0.1, 0.15) is 44.9 Å². The molecule has 1 fully saturated rings. The summed E-state index contributed by atoms with van der Waals surface area (Å²) in [4.78, 5) is 9.00. The minimum Gasteiger partial charge on any atom is -0.356 e. The number of rotatable bonds is 7. The Morgan fingerprint density at radius 3 is 2.96 bits per heavy atom. The molecule has 28 heavy (non-hydrogen) atoms. The first kappa shape index (κ1) is 20.8. The molecule has 1 aliphatic rings. The van der Waals surface area contributed by atoms with Gasteiger partial charge in [-0.25, -0.2) is 4.98 Å². The van der Waals surface area contributed by atoms with Crippen LogP contribution in [0.5, 0.6) is 0 Å². The number of nitrogens with zero attached hydrogens (tertiary/aromatic N) is 3. The van der Waals surface area contributed by atoms with E-state index >= 15 is 0 Å². The number of aliphatic imine (C=N–C) groups is 1. The second kappa shape index (κ2) is 10.0. The summed E-state index contributed by atoms with van der Waals surface area (Å²) in [7, 11) is 1.11. The summed E-state index contributed by atoms with van der Waals surface area (Å²) in [6, 6.07) is 8.64. The van der Waals surface area contributed by atoms with Crippen molar-refractivity contribution in [1.82, 2.24) is 20.2 Å². The van der Waals surface area contributed by atoms with Crippen molar-refractivity contribution in [1.29, 1.82) is 0 Å². The van der Waals surface area contributed by atoms with Crippen LogP contribution < -0.4 is 10.6 Å². The smallest absolute Gasteiger partial charge is 0.191 e. The van der Waals surface area contributed by atoms with Gasteiger partial charge in [0.2, 0.25) is 0 Å². The van der Waals surface area contributed by atoms with Gasteiger partial charge in [0.1, 0.15) is 5.82 Å². The number of hydrogen-bond acceptors (Lipinski definition) is 3. The van der Waals surface area contributed by atoms with Crippen molar-refractivity contribution in [2.24, 2.45) is 4.99 Å². The maximum absolute atomic E-state index is 12.1. The molecule has 0 radical (unpaired) electrons. The molecule has 1 aromatic carbocycles. The number of guanidine groups is 1. The Labute approximate surface area is 170 Å². The molecule has 2 N–H and O–H groups in total. The van der Waals surface area contributed by atoms with Crippen molar-refractivity contribution in [2.45, 2.75) is 63.8 Å². The summed E-state index contributed by atoms with van der Waals surface area (Å²) in [6.45, 7) is 5.85. The van der Waals surface area contributed by atoms with E-state index in [1.807, 2.05) is 20.0 Å². The molecule has 7 heteroatoms. The van der Waals surface area contributed by atoms with Gasteiger partial charge in [-0.2, -0.15) is 0 Å². The average Bonchev–Trinajstić information content (AvgIpc) is 3.04. The third-order valence-corrected chi connectivity index (χ3v) is 7.28. The van der Waals surface area contributed by atoms with Crippen molar-refractivity contribution in [2.75, 3.05) is 19.3 Å². The quantitative estimate of drug-likeness (QED) is 0.424. The van der Waals surface area contributed by atoms with Crippen LogP contribution in [0.15, 0.2) is 29.3 Å². The summed E-state index contributed by atoms with van der Waals surface area (Å²) in [5.41, 5.74) is 2.25. The number of nitrogens with one attached hydrogen (secondary N) is 2. The van der Waals surface area contributed by atoms with Crippen LogP contribution in [-0.2, 0) is 17.3 Å². The Balaban J connectivity index is 1.47. The average molecular weight is 404 g/mol. The number of aromatic nitrogens is 2. The highest BCUT2D eigenvalue weighted by Crippen LogP contribution is 2.23. The molecule has 0 aliphatic heterocycles. The largest absolute Gasteiger partial charge is 0.356 e. The fourth-order valence-corrected chi connectivity index (χ4v) is 5.41. The van der Waals surface area contributed by atoms with Gasteiger partial charge in [-0.3, -0.25) is 9.20 Å². The van der Waals surface area contributed by atoms with Crippen molar-refractivity contribution >= 4 is 27.8 Å². The molecular weight excluding hydrogens is 370 g/mol. The van der Waals surface area contributed by atoms with Crippen molar-refractivity contribution in [3.05, 3.63) is 30.1 Å². The summed E-state index contributed by atoms with van der Waals surface area (Å²) in [5, 5.41) is 7.29. The van der Waals surface area contributed by atoms with Crippen LogP contribution in [0.4, 0.5) is 0 Å². The van der Waals surface area contributed by atoms with Crippen LogP contribution in [0.3, 0.4) is 0 Å². The zero-order chi connectivity index (χ0) is 19.9. The zero-order valence-electron chi connectivity index (χ0n) is 17.3.